The van der Waals surface area contributed by atoms with Gasteiger partial charge in [0.2, 0.25) is 0 Å². The van der Waals surface area contributed by atoms with Gasteiger partial charge in [-0.1, -0.05) is 35.9 Å². The van der Waals surface area contributed by atoms with Crippen LogP contribution in [-0.2, 0) is 13.1 Å². The number of benzene rings is 2. The molecule has 1 aliphatic heterocycles. The van der Waals surface area contributed by atoms with E-state index in [-0.39, 0.29) is 10.6 Å². The number of hydrogen-bond donors (Lipinski definition) is 2. The molecule has 1 heterocycles. The van der Waals surface area contributed by atoms with Crippen LogP contribution >= 0.6 is 11.6 Å². The van der Waals surface area contributed by atoms with Gasteiger partial charge in [-0.2, -0.15) is 0 Å². The van der Waals surface area contributed by atoms with Crippen molar-refractivity contribution in [2.45, 2.75) is 32.4 Å². The van der Waals surface area contributed by atoms with E-state index in [1.807, 2.05) is 18.2 Å². The molecule has 1 amide bonds. The van der Waals surface area contributed by atoms with E-state index in [1.165, 1.54) is 50.0 Å². The summed E-state index contributed by atoms with van der Waals surface area (Å²) >= 11 is 5.73. The van der Waals surface area contributed by atoms with E-state index < -0.39 is 11.7 Å². The molecule has 2 aromatic rings. The van der Waals surface area contributed by atoms with Gasteiger partial charge in [0.25, 0.3) is 5.91 Å². The predicted molar refractivity (Wildman–Crippen MR) is 97.3 cm³/mol. The van der Waals surface area contributed by atoms with Gasteiger partial charge in [0.15, 0.2) is 0 Å². The average Bonchev–Trinajstić information content (AvgIpc) is 2.61. The Kier molecular flexibility index (Phi) is 6.05. The van der Waals surface area contributed by atoms with Crippen molar-refractivity contribution in [2.75, 3.05) is 13.1 Å². The summed E-state index contributed by atoms with van der Waals surface area (Å²) in [4.78, 5) is 13.8. The molecule has 0 saturated carbocycles. The minimum absolute atomic E-state index is 0.0172. The first-order valence-electron chi connectivity index (χ1n) is 8.77. The van der Waals surface area contributed by atoms with E-state index >= 15 is 0 Å². The van der Waals surface area contributed by atoms with Crippen LogP contribution in [0.1, 0.15) is 40.7 Å². The van der Waals surface area contributed by atoms with Crippen molar-refractivity contribution in [1.29, 1.82) is 0 Å². The van der Waals surface area contributed by atoms with Gasteiger partial charge in [0.05, 0.1) is 18.7 Å². The summed E-state index contributed by atoms with van der Waals surface area (Å²) in [5.74, 6) is -1.02. The lowest BCUT2D eigenvalue weighted by molar-refractivity contribution is -0.918. The first-order valence-corrected chi connectivity index (χ1v) is 9.15. The Labute approximate surface area is 152 Å². The van der Waals surface area contributed by atoms with E-state index in [4.69, 9.17) is 11.6 Å². The van der Waals surface area contributed by atoms with Crippen LogP contribution in [0.15, 0.2) is 42.5 Å². The molecule has 5 heteroatoms. The molecule has 2 N–H and O–H groups in total. The largest absolute Gasteiger partial charge is 0.348 e. The van der Waals surface area contributed by atoms with Gasteiger partial charge in [-0.15, -0.1) is 0 Å². The summed E-state index contributed by atoms with van der Waals surface area (Å²) in [5.41, 5.74) is 2.35. The second kappa shape index (κ2) is 8.45. The molecule has 0 spiro atoms. The third-order valence-electron chi connectivity index (χ3n) is 4.73. The Bertz CT molecular complexity index is 744. The molecule has 3 rings (SSSR count). The molecule has 0 aromatic heterocycles. The van der Waals surface area contributed by atoms with Crippen molar-refractivity contribution in [1.82, 2.24) is 5.32 Å². The van der Waals surface area contributed by atoms with Crippen LogP contribution in [0.2, 0.25) is 5.02 Å². The highest BCUT2D eigenvalue weighted by Gasteiger charge is 2.16. The fourth-order valence-corrected chi connectivity index (χ4v) is 3.50. The monoisotopic (exact) mass is 361 g/mol. The number of amides is 1. The molecule has 25 heavy (non-hydrogen) atoms. The van der Waals surface area contributed by atoms with E-state index in [2.05, 4.69) is 11.4 Å². The number of halogens is 2. The second-order valence-corrected chi connectivity index (χ2v) is 7.00. The SMILES string of the molecule is O=C(NCc1ccccc1C[NH+]1CCCCC1)c1ccc(Cl)cc1F. The molecule has 1 aliphatic rings. The molecule has 0 radical (unpaired) electrons. The fourth-order valence-electron chi connectivity index (χ4n) is 3.34. The fraction of sp³-hybridized carbons (Fsp3) is 0.350. The number of piperidine rings is 1. The molecular formula is C20H23ClFN2O+. The highest BCUT2D eigenvalue weighted by atomic mass is 35.5. The topological polar surface area (TPSA) is 33.5 Å². The molecule has 0 unspecified atom stereocenters. The van der Waals surface area contributed by atoms with Crippen molar-refractivity contribution >= 4 is 17.5 Å². The van der Waals surface area contributed by atoms with Crippen LogP contribution in [0.25, 0.3) is 0 Å². The summed E-state index contributed by atoms with van der Waals surface area (Å²) in [6.45, 7) is 3.78. The molecule has 132 valence electrons. The lowest BCUT2D eigenvalue weighted by Gasteiger charge is -2.24. The van der Waals surface area contributed by atoms with Gasteiger partial charge in [0, 0.05) is 17.1 Å². The van der Waals surface area contributed by atoms with Crippen LogP contribution in [-0.4, -0.2) is 19.0 Å². The first kappa shape index (κ1) is 17.9. The lowest BCUT2D eigenvalue weighted by Crippen LogP contribution is -3.11. The van der Waals surface area contributed by atoms with Crippen molar-refractivity contribution in [3.8, 4) is 0 Å². The summed E-state index contributed by atoms with van der Waals surface area (Å²) in [6, 6.07) is 12.2. The molecule has 0 atom stereocenters. The summed E-state index contributed by atoms with van der Waals surface area (Å²) in [7, 11) is 0. The zero-order valence-electron chi connectivity index (χ0n) is 14.2. The van der Waals surface area contributed by atoms with Crippen LogP contribution in [0, 0.1) is 5.82 Å². The Morgan fingerprint density at radius 1 is 1.08 bits per heavy atom. The Morgan fingerprint density at radius 2 is 1.80 bits per heavy atom. The van der Waals surface area contributed by atoms with Gasteiger partial charge in [-0.25, -0.2) is 4.39 Å². The zero-order valence-corrected chi connectivity index (χ0v) is 14.9. The van der Waals surface area contributed by atoms with E-state index in [9.17, 15) is 9.18 Å². The van der Waals surface area contributed by atoms with E-state index in [0.717, 1.165) is 18.2 Å². The van der Waals surface area contributed by atoms with Gasteiger partial charge < -0.3 is 10.2 Å². The van der Waals surface area contributed by atoms with Gasteiger partial charge in [0.1, 0.15) is 12.4 Å². The molecule has 0 bridgehead atoms. The molecule has 3 nitrogen and oxygen atoms in total. The molecule has 1 saturated heterocycles. The average molecular weight is 362 g/mol. The first-order chi connectivity index (χ1) is 12.1. The lowest BCUT2D eigenvalue weighted by atomic mass is 10.0. The molecule has 0 aliphatic carbocycles. The van der Waals surface area contributed by atoms with E-state index in [1.54, 1.807) is 4.90 Å². The number of rotatable bonds is 5. The third-order valence-corrected chi connectivity index (χ3v) is 4.97. The smallest absolute Gasteiger partial charge is 0.254 e. The highest BCUT2D eigenvalue weighted by Crippen LogP contribution is 2.15. The number of nitrogens with one attached hydrogen (secondary N) is 2. The summed E-state index contributed by atoms with van der Waals surface area (Å²) in [5, 5.41) is 3.10. The van der Waals surface area contributed by atoms with Crippen molar-refractivity contribution in [2.24, 2.45) is 0 Å². The minimum Gasteiger partial charge on any atom is -0.348 e. The number of likely N-dealkylation sites (tertiary alicyclic amines) is 1. The van der Waals surface area contributed by atoms with Crippen LogP contribution in [0.4, 0.5) is 4.39 Å². The summed E-state index contributed by atoms with van der Waals surface area (Å²) < 4.78 is 13.9. The second-order valence-electron chi connectivity index (χ2n) is 6.56. The zero-order chi connectivity index (χ0) is 17.6. The highest BCUT2D eigenvalue weighted by molar-refractivity contribution is 6.30. The van der Waals surface area contributed by atoms with Crippen molar-refractivity contribution < 1.29 is 14.1 Å². The third kappa shape index (κ3) is 4.80. The summed E-state index contributed by atoms with van der Waals surface area (Å²) in [6.07, 6.45) is 3.89. The van der Waals surface area contributed by atoms with Crippen LogP contribution < -0.4 is 10.2 Å². The minimum atomic E-state index is -0.601. The number of carbonyl (C=O) groups is 1. The van der Waals surface area contributed by atoms with E-state index in [0.29, 0.717) is 6.54 Å². The van der Waals surface area contributed by atoms with Crippen molar-refractivity contribution in [3.05, 3.63) is 70.0 Å². The molecule has 1 fully saturated rings. The van der Waals surface area contributed by atoms with Crippen molar-refractivity contribution in [3.63, 3.8) is 0 Å². The Balaban J connectivity index is 1.65. The maximum absolute atomic E-state index is 13.9. The van der Waals surface area contributed by atoms with Gasteiger partial charge in [-0.05, 0) is 43.0 Å². The Morgan fingerprint density at radius 3 is 2.52 bits per heavy atom. The normalized spacial score (nSPS) is 15.1. The van der Waals surface area contributed by atoms with Gasteiger partial charge in [-0.3, -0.25) is 4.79 Å². The van der Waals surface area contributed by atoms with Crippen LogP contribution in [0.3, 0.4) is 0 Å². The standard InChI is InChI=1S/C20H22ClFN2O/c21-17-8-9-18(19(22)12-17)20(25)23-13-15-6-2-3-7-16(15)14-24-10-4-1-5-11-24/h2-3,6-9,12H,1,4-5,10-11,13-14H2,(H,23,25)/p+1. The maximum Gasteiger partial charge on any atom is 0.254 e. The molecular weight excluding hydrogens is 339 g/mol. The quantitative estimate of drug-likeness (QED) is 0.843. The Hall–Kier alpha value is -1.91. The van der Waals surface area contributed by atoms with Crippen LogP contribution in [0.5, 0.6) is 0 Å². The molecule has 2 aromatic carbocycles. The number of carbonyl (C=O) groups excluding carboxylic acids is 1. The van der Waals surface area contributed by atoms with Gasteiger partial charge >= 0.3 is 0 Å². The number of hydrogen-bond acceptors (Lipinski definition) is 1. The predicted octanol–water partition coefficient (Wildman–Crippen LogP) is 2.98. The maximum atomic E-state index is 13.9. The number of quaternary nitrogens is 1.